The molecule has 0 saturated carbocycles. The molecule has 0 heterocycles. The molecule has 0 atom stereocenters. The van der Waals surface area contributed by atoms with Crippen molar-refractivity contribution in [3.05, 3.63) is 29.6 Å². The van der Waals surface area contributed by atoms with Crippen molar-refractivity contribution in [1.82, 2.24) is 4.90 Å². The number of hydrogen-bond donors (Lipinski definition) is 1. The second-order valence-corrected chi connectivity index (χ2v) is 3.60. The standard InChI is InChI=1S/C11H15FN2O/c1-14(2)11(15)7-6-8-9(12)4-3-5-10(8)13/h3-5H,6-7,13H2,1-2H3. The van der Waals surface area contributed by atoms with Gasteiger partial charge in [-0.05, 0) is 18.6 Å². The highest BCUT2D eigenvalue weighted by molar-refractivity contribution is 5.76. The number of halogens is 1. The third-order valence-electron chi connectivity index (χ3n) is 2.24. The molecule has 2 N–H and O–H groups in total. The zero-order valence-corrected chi connectivity index (χ0v) is 8.96. The summed E-state index contributed by atoms with van der Waals surface area (Å²) >= 11 is 0. The maximum Gasteiger partial charge on any atom is 0.222 e. The average Bonchev–Trinajstić information content (AvgIpc) is 2.16. The van der Waals surface area contributed by atoms with Crippen LogP contribution in [0.5, 0.6) is 0 Å². The molecule has 0 aliphatic heterocycles. The Balaban J connectivity index is 2.69. The van der Waals surface area contributed by atoms with Gasteiger partial charge in [-0.1, -0.05) is 6.07 Å². The lowest BCUT2D eigenvalue weighted by Crippen LogP contribution is -2.22. The van der Waals surface area contributed by atoms with Crippen molar-refractivity contribution in [3.63, 3.8) is 0 Å². The molecule has 1 rings (SSSR count). The predicted octanol–water partition coefficient (Wildman–Crippen LogP) is 1.43. The maximum absolute atomic E-state index is 13.3. The second kappa shape index (κ2) is 4.77. The Morgan fingerprint density at radius 3 is 2.67 bits per heavy atom. The fourth-order valence-electron chi connectivity index (χ4n) is 1.29. The van der Waals surface area contributed by atoms with Crippen molar-refractivity contribution < 1.29 is 9.18 Å². The van der Waals surface area contributed by atoms with Gasteiger partial charge in [-0.3, -0.25) is 4.79 Å². The van der Waals surface area contributed by atoms with Gasteiger partial charge < -0.3 is 10.6 Å². The molecule has 0 unspecified atom stereocenters. The van der Waals surface area contributed by atoms with Crippen LogP contribution in [0.3, 0.4) is 0 Å². The summed E-state index contributed by atoms with van der Waals surface area (Å²) in [5.41, 5.74) is 6.45. The summed E-state index contributed by atoms with van der Waals surface area (Å²) in [6.45, 7) is 0. The quantitative estimate of drug-likeness (QED) is 0.767. The molecule has 4 heteroatoms. The molecule has 0 fully saturated rings. The van der Waals surface area contributed by atoms with Crippen molar-refractivity contribution in [2.75, 3.05) is 19.8 Å². The Labute approximate surface area is 88.7 Å². The van der Waals surface area contributed by atoms with Crippen molar-refractivity contribution in [3.8, 4) is 0 Å². The summed E-state index contributed by atoms with van der Waals surface area (Å²) in [5, 5.41) is 0. The molecule has 82 valence electrons. The Kier molecular flexibility index (Phi) is 3.66. The van der Waals surface area contributed by atoms with E-state index >= 15 is 0 Å². The number of carbonyl (C=O) groups excluding carboxylic acids is 1. The molecule has 1 aromatic carbocycles. The number of rotatable bonds is 3. The van der Waals surface area contributed by atoms with Gasteiger partial charge in [0.05, 0.1) is 0 Å². The van der Waals surface area contributed by atoms with Gasteiger partial charge in [0, 0.05) is 31.8 Å². The van der Waals surface area contributed by atoms with Crippen LogP contribution >= 0.6 is 0 Å². The summed E-state index contributed by atoms with van der Waals surface area (Å²) in [7, 11) is 3.35. The minimum Gasteiger partial charge on any atom is -0.398 e. The number of nitrogens with two attached hydrogens (primary N) is 1. The largest absolute Gasteiger partial charge is 0.398 e. The molecule has 1 aromatic rings. The molecule has 0 radical (unpaired) electrons. The molecule has 0 saturated heterocycles. The van der Waals surface area contributed by atoms with Crippen molar-refractivity contribution >= 4 is 11.6 Å². The van der Waals surface area contributed by atoms with Crippen molar-refractivity contribution in [1.29, 1.82) is 0 Å². The number of nitrogens with zero attached hydrogens (tertiary/aromatic N) is 1. The topological polar surface area (TPSA) is 46.3 Å². The minimum absolute atomic E-state index is 0.0300. The van der Waals surface area contributed by atoms with Gasteiger partial charge in [0.1, 0.15) is 5.82 Å². The van der Waals surface area contributed by atoms with Gasteiger partial charge in [-0.25, -0.2) is 4.39 Å². The van der Waals surface area contributed by atoms with E-state index in [0.29, 0.717) is 17.7 Å². The highest BCUT2D eigenvalue weighted by Gasteiger charge is 2.09. The third kappa shape index (κ3) is 2.94. The number of carbonyl (C=O) groups is 1. The molecule has 3 nitrogen and oxygen atoms in total. The van der Waals surface area contributed by atoms with Crippen LogP contribution in [-0.2, 0) is 11.2 Å². The SMILES string of the molecule is CN(C)C(=O)CCc1c(N)cccc1F. The summed E-state index contributed by atoms with van der Waals surface area (Å²) in [4.78, 5) is 12.8. The van der Waals surface area contributed by atoms with Crippen LogP contribution in [0.4, 0.5) is 10.1 Å². The Hall–Kier alpha value is -1.58. The fourth-order valence-corrected chi connectivity index (χ4v) is 1.29. The molecule has 0 aliphatic carbocycles. The van der Waals surface area contributed by atoms with E-state index in [2.05, 4.69) is 0 Å². The van der Waals surface area contributed by atoms with E-state index in [-0.39, 0.29) is 18.1 Å². The van der Waals surface area contributed by atoms with E-state index in [0.717, 1.165) is 0 Å². The van der Waals surface area contributed by atoms with Crippen LogP contribution in [-0.4, -0.2) is 24.9 Å². The normalized spacial score (nSPS) is 10.1. The van der Waals surface area contributed by atoms with E-state index in [9.17, 15) is 9.18 Å². The van der Waals surface area contributed by atoms with Gasteiger partial charge in [-0.15, -0.1) is 0 Å². The third-order valence-corrected chi connectivity index (χ3v) is 2.24. The van der Waals surface area contributed by atoms with Gasteiger partial charge in [0.2, 0.25) is 5.91 Å². The summed E-state index contributed by atoms with van der Waals surface area (Å²) in [6, 6.07) is 4.55. The number of anilines is 1. The highest BCUT2D eigenvalue weighted by Crippen LogP contribution is 2.17. The molecule has 0 bridgehead atoms. The van der Waals surface area contributed by atoms with Crippen LogP contribution in [0.1, 0.15) is 12.0 Å². The lowest BCUT2D eigenvalue weighted by Gasteiger charge is -2.11. The van der Waals surface area contributed by atoms with Gasteiger partial charge >= 0.3 is 0 Å². The molecular weight excluding hydrogens is 195 g/mol. The first-order valence-corrected chi connectivity index (χ1v) is 4.75. The molecule has 0 aromatic heterocycles. The van der Waals surface area contributed by atoms with Gasteiger partial charge in [0.25, 0.3) is 0 Å². The summed E-state index contributed by atoms with van der Waals surface area (Å²) < 4.78 is 13.3. The molecule has 1 amide bonds. The Morgan fingerprint density at radius 1 is 1.47 bits per heavy atom. The Bertz CT molecular complexity index is 343. The minimum atomic E-state index is -0.346. The van der Waals surface area contributed by atoms with E-state index in [4.69, 9.17) is 5.73 Å². The Morgan fingerprint density at radius 2 is 2.13 bits per heavy atom. The zero-order valence-electron chi connectivity index (χ0n) is 8.96. The smallest absolute Gasteiger partial charge is 0.222 e. The summed E-state index contributed by atoms with van der Waals surface area (Å²) in [5.74, 6) is -0.376. The highest BCUT2D eigenvalue weighted by atomic mass is 19.1. The van der Waals surface area contributed by atoms with E-state index < -0.39 is 0 Å². The first kappa shape index (κ1) is 11.5. The van der Waals surface area contributed by atoms with Gasteiger partial charge in [-0.2, -0.15) is 0 Å². The second-order valence-electron chi connectivity index (χ2n) is 3.60. The number of benzene rings is 1. The maximum atomic E-state index is 13.3. The van der Waals surface area contributed by atoms with Crippen molar-refractivity contribution in [2.45, 2.75) is 12.8 Å². The van der Waals surface area contributed by atoms with Crippen LogP contribution in [0, 0.1) is 5.82 Å². The van der Waals surface area contributed by atoms with E-state index in [1.807, 2.05) is 0 Å². The molecule has 0 aliphatic rings. The monoisotopic (exact) mass is 210 g/mol. The van der Waals surface area contributed by atoms with E-state index in [1.165, 1.54) is 11.0 Å². The van der Waals surface area contributed by atoms with Crippen molar-refractivity contribution in [2.24, 2.45) is 0 Å². The number of nitrogen functional groups attached to an aromatic ring is 1. The van der Waals surface area contributed by atoms with Gasteiger partial charge in [0.15, 0.2) is 0 Å². The van der Waals surface area contributed by atoms with Crippen LogP contribution < -0.4 is 5.73 Å². The summed E-state index contributed by atoms with van der Waals surface area (Å²) in [6.07, 6.45) is 0.619. The average molecular weight is 210 g/mol. The van der Waals surface area contributed by atoms with Crippen LogP contribution in [0.25, 0.3) is 0 Å². The van der Waals surface area contributed by atoms with Crippen LogP contribution in [0.15, 0.2) is 18.2 Å². The predicted molar refractivity (Wildman–Crippen MR) is 57.8 cm³/mol. The lowest BCUT2D eigenvalue weighted by molar-refractivity contribution is -0.128. The van der Waals surface area contributed by atoms with E-state index in [1.54, 1.807) is 26.2 Å². The lowest BCUT2D eigenvalue weighted by atomic mass is 10.1. The molecule has 15 heavy (non-hydrogen) atoms. The number of hydrogen-bond acceptors (Lipinski definition) is 2. The number of amides is 1. The first-order valence-electron chi connectivity index (χ1n) is 4.75. The first-order chi connectivity index (χ1) is 7.02. The molecule has 0 spiro atoms. The fraction of sp³-hybridized carbons (Fsp3) is 0.364. The molecular formula is C11H15FN2O. The zero-order chi connectivity index (χ0) is 11.4. The van der Waals surface area contributed by atoms with Crippen LogP contribution in [0.2, 0.25) is 0 Å².